The van der Waals surface area contributed by atoms with Crippen LogP contribution in [0.15, 0.2) is 35.2 Å². The van der Waals surface area contributed by atoms with Gasteiger partial charge in [-0.25, -0.2) is 0 Å². The van der Waals surface area contributed by atoms with Crippen molar-refractivity contribution in [3.05, 3.63) is 40.8 Å². The molecule has 0 amide bonds. The Morgan fingerprint density at radius 1 is 1.36 bits per heavy atom. The van der Waals surface area contributed by atoms with Crippen LogP contribution in [0.1, 0.15) is 29.1 Å². The Balaban J connectivity index is 0.00000242. The predicted octanol–water partition coefficient (Wildman–Crippen LogP) is 0.402. The molecular weight excluding hydrogens is 325 g/mol. The molecule has 0 unspecified atom stereocenters. The average Bonchev–Trinajstić information content (AvgIpc) is 2.94. The Hall–Kier alpha value is -0.770. The monoisotopic (exact) mass is 339 g/mol. The van der Waals surface area contributed by atoms with Crippen LogP contribution in [0.3, 0.4) is 0 Å². The van der Waals surface area contributed by atoms with Gasteiger partial charge in [-0.15, -0.1) is 23.1 Å². The molecule has 0 saturated carbocycles. The van der Waals surface area contributed by atoms with E-state index < -0.39 is 5.97 Å². The van der Waals surface area contributed by atoms with Gasteiger partial charge in [0.05, 0.1) is 16.4 Å². The van der Waals surface area contributed by atoms with Crippen LogP contribution in [0, 0.1) is 17.2 Å². The molecule has 108 valence electrons. The van der Waals surface area contributed by atoms with Crippen molar-refractivity contribution in [2.45, 2.75) is 18.7 Å². The smallest absolute Gasteiger partial charge is 0.544 e. The van der Waals surface area contributed by atoms with E-state index in [1.54, 1.807) is 17.8 Å². The summed E-state index contributed by atoms with van der Waals surface area (Å²) in [7, 11) is 0. The number of carbonyl (C=O) groups excluding carboxylic acids is 1. The Bertz CT molecular complexity index is 704. The molecular formula is C16H14NNaO2S2. The molecule has 0 bridgehead atoms. The van der Waals surface area contributed by atoms with E-state index in [1.807, 2.05) is 18.2 Å². The van der Waals surface area contributed by atoms with Gasteiger partial charge in [0.1, 0.15) is 6.07 Å². The van der Waals surface area contributed by atoms with Gasteiger partial charge in [0.25, 0.3) is 0 Å². The number of thioether (sulfide) groups is 1. The molecule has 0 saturated heterocycles. The van der Waals surface area contributed by atoms with Crippen LogP contribution in [0.25, 0.3) is 10.4 Å². The Morgan fingerprint density at radius 3 is 2.64 bits per heavy atom. The number of nitriles is 1. The summed E-state index contributed by atoms with van der Waals surface area (Å²) >= 11 is 2.83. The van der Waals surface area contributed by atoms with Gasteiger partial charge in [-0.1, -0.05) is 19.9 Å². The van der Waals surface area contributed by atoms with Crippen LogP contribution >= 0.6 is 23.1 Å². The summed E-state index contributed by atoms with van der Waals surface area (Å²) in [6.07, 6.45) is 0. The van der Waals surface area contributed by atoms with Crippen molar-refractivity contribution < 1.29 is 39.5 Å². The molecule has 22 heavy (non-hydrogen) atoms. The van der Waals surface area contributed by atoms with Gasteiger partial charge in [0.15, 0.2) is 0 Å². The first-order valence-corrected chi connectivity index (χ1v) is 8.30. The van der Waals surface area contributed by atoms with Crippen LogP contribution in [-0.2, 0) is 0 Å². The number of hydrogen-bond donors (Lipinski definition) is 0. The third-order valence-corrected chi connectivity index (χ3v) is 5.38. The zero-order valence-corrected chi connectivity index (χ0v) is 16.4. The van der Waals surface area contributed by atoms with E-state index in [1.165, 1.54) is 6.07 Å². The molecule has 2 aromatic rings. The summed E-state index contributed by atoms with van der Waals surface area (Å²) in [5.41, 5.74) is 1.49. The van der Waals surface area contributed by atoms with E-state index in [0.29, 0.717) is 11.5 Å². The molecule has 1 aromatic carbocycles. The number of carboxylic acids is 1. The van der Waals surface area contributed by atoms with E-state index in [0.717, 1.165) is 32.4 Å². The second-order valence-electron chi connectivity index (χ2n) is 4.98. The largest absolute Gasteiger partial charge is 1.00 e. The number of carboxylic acid groups (broad SMARTS) is 1. The number of nitrogens with zero attached hydrogens (tertiary/aromatic N) is 1. The normalized spacial score (nSPS) is 10.1. The molecule has 1 heterocycles. The second-order valence-corrected chi connectivity index (χ2v) is 7.12. The summed E-state index contributed by atoms with van der Waals surface area (Å²) < 4.78 is 0. The summed E-state index contributed by atoms with van der Waals surface area (Å²) in [6.45, 7) is 4.28. The molecule has 0 spiro atoms. The molecule has 0 aliphatic heterocycles. The summed E-state index contributed by atoms with van der Waals surface area (Å²) in [6, 6.07) is 11.2. The zero-order valence-electron chi connectivity index (χ0n) is 12.8. The fourth-order valence-corrected chi connectivity index (χ4v) is 3.53. The zero-order chi connectivity index (χ0) is 15.4. The quantitative estimate of drug-likeness (QED) is 0.584. The van der Waals surface area contributed by atoms with E-state index in [-0.39, 0.29) is 34.4 Å². The van der Waals surface area contributed by atoms with Crippen molar-refractivity contribution in [3.8, 4) is 16.5 Å². The molecule has 2 rings (SSSR count). The van der Waals surface area contributed by atoms with Gasteiger partial charge in [-0.2, -0.15) is 5.26 Å². The van der Waals surface area contributed by atoms with Crippen LogP contribution in [0.2, 0.25) is 0 Å². The van der Waals surface area contributed by atoms with Gasteiger partial charge >= 0.3 is 29.6 Å². The number of rotatable bonds is 5. The van der Waals surface area contributed by atoms with E-state index >= 15 is 0 Å². The number of benzene rings is 1. The second kappa shape index (κ2) is 8.76. The molecule has 0 radical (unpaired) electrons. The molecule has 6 heteroatoms. The molecule has 0 aliphatic rings. The predicted molar refractivity (Wildman–Crippen MR) is 84.4 cm³/mol. The molecule has 0 fully saturated rings. The first kappa shape index (κ1) is 19.3. The van der Waals surface area contributed by atoms with Crippen LogP contribution in [0.5, 0.6) is 0 Å². The maximum absolute atomic E-state index is 10.8. The van der Waals surface area contributed by atoms with Crippen molar-refractivity contribution >= 4 is 29.1 Å². The summed E-state index contributed by atoms with van der Waals surface area (Å²) in [5, 5.41) is 20.1. The number of carbonyl (C=O) groups is 1. The van der Waals surface area contributed by atoms with Crippen LogP contribution < -0.4 is 34.7 Å². The first-order chi connectivity index (χ1) is 10.0. The minimum atomic E-state index is -1.17. The van der Waals surface area contributed by atoms with E-state index in [2.05, 4.69) is 19.9 Å². The minimum Gasteiger partial charge on any atom is -0.544 e. The van der Waals surface area contributed by atoms with Gasteiger partial charge in [0.2, 0.25) is 0 Å². The number of aromatic carboxylic acids is 1. The maximum atomic E-state index is 10.8. The molecule has 1 aromatic heterocycles. The van der Waals surface area contributed by atoms with Crippen molar-refractivity contribution in [2.75, 3.05) is 5.75 Å². The SMILES string of the molecule is CC(C)CSc1ccc(-c2ccc(C(=O)[O-])s2)cc1C#N.[Na+]. The molecule has 0 atom stereocenters. The van der Waals surface area contributed by atoms with Crippen LogP contribution in [0.4, 0.5) is 0 Å². The number of thiophene rings is 1. The van der Waals surface area contributed by atoms with Crippen molar-refractivity contribution in [1.82, 2.24) is 0 Å². The van der Waals surface area contributed by atoms with Gasteiger partial charge in [-0.3, -0.25) is 0 Å². The van der Waals surface area contributed by atoms with E-state index in [4.69, 9.17) is 0 Å². The topological polar surface area (TPSA) is 63.9 Å². The molecule has 3 nitrogen and oxygen atoms in total. The van der Waals surface area contributed by atoms with E-state index in [9.17, 15) is 15.2 Å². The first-order valence-electron chi connectivity index (χ1n) is 6.49. The summed E-state index contributed by atoms with van der Waals surface area (Å²) in [5.74, 6) is 0.349. The Labute approximate surface area is 160 Å². The van der Waals surface area contributed by atoms with Gasteiger partial charge in [-0.05, 0) is 35.7 Å². The summed E-state index contributed by atoms with van der Waals surface area (Å²) in [4.78, 5) is 12.8. The number of hydrogen-bond acceptors (Lipinski definition) is 5. The van der Waals surface area contributed by atoms with Crippen molar-refractivity contribution in [2.24, 2.45) is 5.92 Å². The molecule has 0 N–H and O–H groups in total. The average molecular weight is 339 g/mol. The fourth-order valence-electron chi connectivity index (χ4n) is 1.76. The van der Waals surface area contributed by atoms with Crippen molar-refractivity contribution in [1.29, 1.82) is 5.26 Å². The molecule has 0 aliphatic carbocycles. The van der Waals surface area contributed by atoms with Crippen molar-refractivity contribution in [3.63, 3.8) is 0 Å². The standard InChI is InChI=1S/C16H15NO2S2.Na/c1-10(2)9-20-13-4-3-11(7-12(13)8-17)14-5-6-15(21-14)16(18)19;/h3-7,10H,9H2,1-2H3,(H,18,19);/q;+1/p-1. The third kappa shape index (κ3) is 4.87. The maximum Gasteiger partial charge on any atom is 1.00 e. The van der Waals surface area contributed by atoms with Gasteiger partial charge in [0, 0.05) is 15.5 Å². The third-order valence-electron chi connectivity index (χ3n) is 2.76. The fraction of sp³-hybridized carbons (Fsp3) is 0.250. The van der Waals surface area contributed by atoms with Crippen LogP contribution in [-0.4, -0.2) is 11.7 Å². The Morgan fingerprint density at radius 2 is 2.09 bits per heavy atom. The van der Waals surface area contributed by atoms with Gasteiger partial charge < -0.3 is 9.90 Å². The minimum absolute atomic E-state index is 0. The Kier molecular flexibility index (Phi) is 7.67.